The molecule has 0 aliphatic carbocycles. The van der Waals surface area contributed by atoms with Gasteiger partial charge in [-0.25, -0.2) is 0 Å². The van der Waals surface area contributed by atoms with Gasteiger partial charge in [-0.05, 0) is 44.8 Å². The van der Waals surface area contributed by atoms with E-state index in [1.165, 1.54) is 5.56 Å². The molecule has 0 amide bonds. The molecule has 0 atom stereocenters. The Bertz CT molecular complexity index is 430. The van der Waals surface area contributed by atoms with Crippen LogP contribution in [-0.4, -0.2) is 31.1 Å². The third kappa shape index (κ3) is 4.63. The number of nitrogens with zero attached hydrogens (tertiary/aromatic N) is 2. The zero-order valence-corrected chi connectivity index (χ0v) is 12.3. The van der Waals surface area contributed by atoms with Crippen molar-refractivity contribution >= 4 is 0 Å². The van der Waals surface area contributed by atoms with Gasteiger partial charge >= 0.3 is 0 Å². The first kappa shape index (κ1) is 15.0. The zero-order valence-electron chi connectivity index (χ0n) is 12.3. The Hall–Kier alpha value is -1.37. The molecule has 0 aromatic heterocycles. The van der Waals surface area contributed by atoms with Crippen LogP contribution in [0.15, 0.2) is 30.3 Å². The third-order valence-corrected chi connectivity index (χ3v) is 4.10. The van der Waals surface area contributed by atoms with Gasteiger partial charge in [0.2, 0.25) is 0 Å². The van der Waals surface area contributed by atoms with Gasteiger partial charge < -0.3 is 9.64 Å². The Balaban J connectivity index is 1.55. The highest BCUT2D eigenvalue weighted by atomic mass is 16.5. The molecule has 20 heavy (non-hydrogen) atoms. The molecule has 1 aromatic carbocycles. The van der Waals surface area contributed by atoms with Gasteiger partial charge in [0.25, 0.3) is 0 Å². The maximum absolute atomic E-state index is 9.10. The van der Waals surface area contributed by atoms with E-state index in [4.69, 9.17) is 10.00 Å². The number of piperidine rings is 1. The smallest absolute Gasteiger partial charge is 0.0716 e. The average Bonchev–Trinajstić information content (AvgIpc) is 2.50. The van der Waals surface area contributed by atoms with Gasteiger partial charge in [0, 0.05) is 13.2 Å². The average molecular weight is 272 g/mol. The summed E-state index contributed by atoms with van der Waals surface area (Å²) >= 11 is 0. The summed E-state index contributed by atoms with van der Waals surface area (Å²) in [5.74, 6) is 0. The summed E-state index contributed by atoms with van der Waals surface area (Å²) < 4.78 is 5.69. The highest BCUT2D eigenvalue weighted by Gasteiger charge is 2.29. The van der Waals surface area contributed by atoms with Crippen molar-refractivity contribution < 1.29 is 4.74 Å². The summed E-state index contributed by atoms with van der Waals surface area (Å²) in [6.07, 6.45) is 3.05. The lowest BCUT2D eigenvalue weighted by atomic mass is 9.82. The van der Waals surface area contributed by atoms with Gasteiger partial charge in [0.05, 0.1) is 18.1 Å². The number of rotatable bonds is 6. The van der Waals surface area contributed by atoms with Crippen LogP contribution in [0.4, 0.5) is 0 Å². The van der Waals surface area contributed by atoms with E-state index in [9.17, 15) is 0 Å². The first-order chi connectivity index (χ1) is 9.72. The first-order valence-electron chi connectivity index (χ1n) is 7.47. The van der Waals surface area contributed by atoms with E-state index >= 15 is 0 Å². The third-order valence-electron chi connectivity index (χ3n) is 4.10. The lowest BCUT2D eigenvalue weighted by Crippen LogP contribution is -2.38. The van der Waals surface area contributed by atoms with Crippen LogP contribution < -0.4 is 0 Å². The SMILES string of the molecule is CC1(C#N)CCN(CCCOCc2ccccc2)CC1. The van der Waals surface area contributed by atoms with Crippen molar-refractivity contribution in [3.63, 3.8) is 0 Å². The number of benzene rings is 1. The molecule has 0 radical (unpaired) electrons. The van der Waals surface area contributed by atoms with Crippen molar-refractivity contribution in [1.82, 2.24) is 4.90 Å². The molecule has 0 saturated carbocycles. The standard InChI is InChI=1S/C17H24N2O/c1-17(15-18)8-11-19(12-9-17)10-5-13-20-14-16-6-3-2-4-7-16/h2-4,6-7H,5,8-14H2,1H3. The van der Waals surface area contributed by atoms with E-state index in [-0.39, 0.29) is 5.41 Å². The van der Waals surface area contributed by atoms with Gasteiger partial charge in [-0.15, -0.1) is 0 Å². The molecule has 1 saturated heterocycles. The predicted molar refractivity (Wildman–Crippen MR) is 80.1 cm³/mol. The molecule has 1 heterocycles. The van der Waals surface area contributed by atoms with E-state index < -0.39 is 0 Å². The van der Waals surface area contributed by atoms with Crippen molar-refractivity contribution in [3.8, 4) is 6.07 Å². The van der Waals surface area contributed by atoms with Crippen LogP contribution in [0.3, 0.4) is 0 Å². The van der Waals surface area contributed by atoms with Gasteiger partial charge in [-0.3, -0.25) is 0 Å². The minimum atomic E-state index is -0.0969. The Labute approximate surface area is 122 Å². The van der Waals surface area contributed by atoms with Crippen LogP contribution in [0.1, 0.15) is 31.7 Å². The first-order valence-corrected chi connectivity index (χ1v) is 7.47. The lowest BCUT2D eigenvalue weighted by Gasteiger charge is -2.34. The monoisotopic (exact) mass is 272 g/mol. The van der Waals surface area contributed by atoms with E-state index in [2.05, 4.69) is 30.0 Å². The molecular formula is C17H24N2O. The molecule has 0 bridgehead atoms. The number of ether oxygens (including phenoxy) is 1. The summed E-state index contributed by atoms with van der Waals surface area (Å²) in [6.45, 7) is 6.75. The summed E-state index contributed by atoms with van der Waals surface area (Å²) in [7, 11) is 0. The molecule has 1 aromatic rings. The van der Waals surface area contributed by atoms with Crippen molar-refractivity contribution in [2.75, 3.05) is 26.2 Å². The maximum Gasteiger partial charge on any atom is 0.0716 e. The molecule has 0 N–H and O–H groups in total. The number of likely N-dealkylation sites (tertiary alicyclic amines) is 1. The topological polar surface area (TPSA) is 36.3 Å². The molecule has 108 valence electrons. The van der Waals surface area contributed by atoms with Gasteiger partial charge in [-0.2, -0.15) is 5.26 Å². The van der Waals surface area contributed by atoms with Crippen molar-refractivity contribution in [2.24, 2.45) is 5.41 Å². The van der Waals surface area contributed by atoms with Crippen LogP contribution in [0, 0.1) is 16.7 Å². The Kier molecular flexibility index (Phi) is 5.58. The van der Waals surface area contributed by atoms with Gasteiger partial charge in [0.15, 0.2) is 0 Å². The molecule has 0 spiro atoms. The highest BCUT2D eigenvalue weighted by molar-refractivity contribution is 5.13. The Morgan fingerprint density at radius 1 is 1.25 bits per heavy atom. The van der Waals surface area contributed by atoms with Crippen molar-refractivity contribution in [2.45, 2.75) is 32.8 Å². The van der Waals surface area contributed by atoms with Crippen LogP contribution in [0.25, 0.3) is 0 Å². The zero-order chi connectivity index (χ0) is 14.3. The summed E-state index contributed by atoms with van der Waals surface area (Å²) in [5.41, 5.74) is 1.13. The highest BCUT2D eigenvalue weighted by Crippen LogP contribution is 2.29. The quantitative estimate of drug-likeness (QED) is 0.746. The summed E-state index contributed by atoms with van der Waals surface area (Å²) in [5, 5.41) is 9.10. The van der Waals surface area contributed by atoms with E-state index in [0.29, 0.717) is 6.61 Å². The van der Waals surface area contributed by atoms with Crippen molar-refractivity contribution in [3.05, 3.63) is 35.9 Å². The lowest BCUT2D eigenvalue weighted by molar-refractivity contribution is 0.0968. The van der Waals surface area contributed by atoms with E-state index in [1.54, 1.807) is 0 Å². The molecule has 0 unspecified atom stereocenters. The molecule has 1 aliphatic heterocycles. The minimum absolute atomic E-state index is 0.0969. The fourth-order valence-electron chi connectivity index (χ4n) is 2.54. The second-order valence-electron chi connectivity index (χ2n) is 5.91. The van der Waals surface area contributed by atoms with Gasteiger partial charge in [-0.1, -0.05) is 30.3 Å². The maximum atomic E-state index is 9.10. The van der Waals surface area contributed by atoms with E-state index in [0.717, 1.165) is 45.5 Å². The van der Waals surface area contributed by atoms with Crippen LogP contribution in [0.5, 0.6) is 0 Å². The molecule has 3 heteroatoms. The molecule has 1 aliphatic rings. The van der Waals surface area contributed by atoms with Crippen LogP contribution >= 0.6 is 0 Å². The fraction of sp³-hybridized carbons (Fsp3) is 0.588. The molecule has 1 fully saturated rings. The Morgan fingerprint density at radius 2 is 1.95 bits per heavy atom. The molecule has 3 nitrogen and oxygen atoms in total. The largest absolute Gasteiger partial charge is 0.377 e. The number of nitriles is 1. The van der Waals surface area contributed by atoms with E-state index in [1.807, 2.05) is 18.2 Å². The minimum Gasteiger partial charge on any atom is -0.377 e. The summed E-state index contributed by atoms with van der Waals surface area (Å²) in [4.78, 5) is 2.45. The molecule has 2 rings (SSSR count). The van der Waals surface area contributed by atoms with Gasteiger partial charge in [0.1, 0.15) is 0 Å². The van der Waals surface area contributed by atoms with Crippen LogP contribution in [-0.2, 0) is 11.3 Å². The normalized spacial score (nSPS) is 18.6. The van der Waals surface area contributed by atoms with Crippen molar-refractivity contribution in [1.29, 1.82) is 5.26 Å². The second-order valence-corrected chi connectivity index (χ2v) is 5.91. The number of hydrogen-bond donors (Lipinski definition) is 0. The van der Waals surface area contributed by atoms with Crippen LogP contribution in [0.2, 0.25) is 0 Å². The Morgan fingerprint density at radius 3 is 2.60 bits per heavy atom. The predicted octanol–water partition coefficient (Wildman–Crippen LogP) is 3.22. The molecular weight excluding hydrogens is 248 g/mol. The fourth-order valence-corrected chi connectivity index (χ4v) is 2.54. The summed E-state index contributed by atoms with van der Waals surface area (Å²) in [6, 6.07) is 12.7. The second kappa shape index (κ2) is 7.42. The number of hydrogen-bond acceptors (Lipinski definition) is 3.